The molecule has 17 heavy (non-hydrogen) atoms. The Kier molecular flexibility index (Phi) is 4.06. The predicted molar refractivity (Wildman–Crippen MR) is 66.9 cm³/mol. The lowest BCUT2D eigenvalue weighted by atomic mass is 10.3. The summed E-state index contributed by atoms with van der Waals surface area (Å²) in [6.07, 6.45) is 0. The summed E-state index contributed by atoms with van der Waals surface area (Å²) < 4.78 is 0. The first-order valence-electron chi connectivity index (χ1n) is 5.08. The molecule has 0 aliphatic carbocycles. The minimum atomic E-state index is -0.569. The molecule has 0 spiro atoms. The van der Waals surface area contributed by atoms with Crippen molar-refractivity contribution in [1.29, 1.82) is 0 Å². The van der Waals surface area contributed by atoms with E-state index in [1.165, 1.54) is 4.90 Å². The van der Waals surface area contributed by atoms with Gasteiger partial charge < -0.3 is 16.0 Å². The van der Waals surface area contributed by atoms with Crippen LogP contribution in [0.4, 0.5) is 5.13 Å². The van der Waals surface area contributed by atoms with Crippen molar-refractivity contribution >= 4 is 28.3 Å². The van der Waals surface area contributed by atoms with Crippen LogP contribution in [0.1, 0.15) is 22.3 Å². The van der Waals surface area contributed by atoms with Gasteiger partial charge in [-0.3, -0.25) is 9.59 Å². The molecule has 0 aliphatic heterocycles. The first kappa shape index (κ1) is 13.4. The maximum Gasteiger partial charge on any atom is 0.263 e. The number of nitrogens with two attached hydrogens (primary N) is 1. The van der Waals surface area contributed by atoms with E-state index in [1.54, 1.807) is 27.9 Å². The minimum Gasteiger partial charge on any atom is -0.375 e. The van der Waals surface area contributed by atoms with Crippen LogP contribution in [0.25, 0.3) is 0 Å². The van der Waals surface area contributed by atoms with Gasteiger partial charge in [0.05, 0.1) is 5.69 Å². The number of likely N-dealkylation sites (N-methyl/N-ethyl adjacent to an activating group) is 1. The first-order valence-corrected chi connectivity index (χ1v) is 5.89. The van der Waals surface area contributed by atoms with Gasteiger partial charge in [-0.1, -0.05) is 11.3 Å². The van der Waals surface area contributed by atoms with E-state index in [0.29, 0.717) is 15.7 Å². The Balaban J connectivity index is 2.73. The fourth-order valence-corrected chi connectivity index (χ4v) is 2.08. The topological polar surface area (TPSA) is 88.3 Å². The molecule has 0 saturated carbocycles. The number of aryl methyl sites for hydroxylation is 1. The molecule has 1 rings (SSSR count). The molecule has 1 aromatic heterocycles. The van der Waals surface area contributed by atoms with Gasteiger partial charge in [-0.05, 0) is 13.8 Å². The third kappa shape index (κ3) is 3.16. The summed E-state index contributed by atoms with van der Waals surface area (Å²) in [5.74, 6) is -0.479. The highest BCUT2D eigenvalue weighted by molar-refractivity contribution is 7.17. The SMILES string of the molecule is Cc1nc(N)sc1C(=O)NC(C)C(=O)N(C)C. The van der Waals surface area contributed by atoms with E-state index in [1.807, 2.05) is 0 Å². The molecule has 0 radical (unpaired) electrons. The van der Waals surface area contributed by atoms with Crippen LogP contribution in [-0.4, -0.2) is 41.8 Å². The zero-order chi connectivity index (χ0) is 13.2. The van der Waals surface area contributed by atoms with Crippen LogP contribution < -0.4 is 11.1 Å². The number of anilines is 1. The molecule has 1 unspecified atom stereocenters. The minimum absolute atomic E-state index is 0.159. The van der Waals surface area contributed by atoms with Crippen molar-refractivity contribution in [2.24, 2.45) is 0 Å². The van der Waals surface area contributed by atoms with Gasteiger partial charge in [-0.2, -0.15) is 0 Å². The summed E-state index contributed by atoms with van der Waals surface area (Å²) in [5.41, 5.74) is 6.09. The standard InChI is InChI=1S/C10H16N4O2S/c1-5-7(17-10(11)13-5)8(15)12-6(2)9(16)14(3)4/h6H,1-4H3,(H2,11,13)(H,12,15). The van der Waals surface area contributed by atoms with Gasteiger partial charge in [0.25, 0.3) is 5.91 Å². The Morgan fingerprint density at radius 1 is 1.47 bits per heavy atom. The van der Waals surface area contributed by atoms with Crippen molar-refractivity contribution < 1.29 is 9.59 Å². The molecule has 6 nitrogen and oxygen atoms in total. The van der Waals surface area contributed by atoms with E-state index < -0.39 is 6.04 Å². The predicted octanol–water partition coefficient (Wildman–Crippen LogP) is 0.240. The second-order valence-electron chi connectivity index (χ2n) is 3.89. The lowest BCUT2D eigenvalue weighted by Gasteiger charge is -2.17. The fraction of sp³-hybridized carbons (Fsp3) is 0.500. The average Bonchev–Trinajstić information content (AvgIpc) is 2.56. The molecule has 1 atom stereocenters. The third-order valence-corrected chi connectivity index (χ3v) is 3.16. The molecule has 94 valence electrons. The summed E-state index contributed by atoms with van der Waals surface area (Å²) in [6.45, 7) is 3.35. The third-order valence-electron chi connectivity index (χ3n) is 2.18. The number of amides is 2. The number of nitrogens with one attached hydrogen (secondary N) is 1. The normalized spacial score (nSPS) is 12.0. The van der Waals surface area contributed by atoms with Gasteiger partial charge in [-0.15, -0.1) is 0 Å². The van der Waals surface area contributed by atoms with Crippen molar-refractivity contribution in [1.82, 2.24) is 15.2 Å². The molecule has 0 aromatic carbocycles. The number of aromatic nitrogens is 1. The highest BCUT2D eigenvalue weighted by atomic mass is 32.1. The Morgan fingerprint density at radius 3 is 2.47 bits per heavy atom. The van der Waals surface area contributed by atoms with Crippen molar-refractivity contribution in [2.75, 3.05) is 19.8 Å². The highest BCUT2D eigenvalue weighted by Gasteiger charge is 2.20. The summed E-state index contributed by atoms with van der Waals surface area (Å²) in [6, 6.07) is -0.569. The van der Waals surface area contributed by atoms with Crippen LogP contribution in [0.5, 0.6) is 0 Å². The maximum atomic E-state index is 11.8. The smallest absolute Gasteiger partial charge is 0.263 e. The molecule has 0 saturated heterocycles. The summed E-state index contributed by atoms with van der Waals surface area (Å²) in [4.78, 5) is 29.3. The van der Waals surface area contributed by atoms with Crippen LogP contribution in [0.15, 0.2) is 0 Å². The molecule has 1 heterocycles. The quantitative estimate of drug-likeness (QED) is 0.811. The van der Waals surface area contributed by atoms with Gasteiger partial charge in [0.2, 0.25) is 5.91 Å². The Morgan fingerprint density at radius 2 is 2.06 bits per heavy atom. The summed E-state index contributed by atoms with van der Waals surface area (Å²) in [7, 11) is 3.28. The average molecular weight is 256 g/mol. The van der Waals surface area contributed by atoms with E-state index in [9.17, 15) is 9.59 Å². The largest absolute Gasteiger partial charge is 0.375 e. The van der Waals surface area contributed by atoms with Crippen LogP contribution in [-0.2, 0) is 4.79 Å². The Hall–Kier alpha value is -1.63. The van der Waals surface area contributed by atoms with Crippen LogP contribution in [0.3, 0.4) is 0 Å². The maximum absolute atomic E-state index is 11.8. The zero-order valence-electron chi connectivity index (χ0n) is 10.3. The second kappa shape index (κ2) is 5.13. The Labute approximate surface area is 104 Å². The van der Waals surface area contributed by atoms with E-state index in [2.05, 4.69) is 10.3 Å². The van der Waals surface area contributed by atoms with Gasteiger partial charge in [0.15, 0.2) is 5.13 Å². The van der Waals surface area contributed by atoms with Crippen LogP contribution >= 0.6 is 11.3 Å². The number of thiazole rings is 1. The number of nitrogen functional groups attached to an aromatic ring is 1. The second-order valence-corrected chi connectivity index (χ2v) is 4.93. The number of carbonyl (C=O) groups excluding carboxylic acids is 2. The van der Waals surface area contributed by atoms with Gasteiger partial charge in [0.1, 0.15) is 10.9 Å². The monoisotopic (exact) mass is 256 g/mol. The zero-order valence-corrected chi connectivity index (χ0v) is 11.1. The highest BCUT2D eigenvalue weighted by Crippen LogP contribution is 2.19. The van der Waals surface area contributed by atoms with Crippen LogP contribution in [0.2, 0.25) is 0 Å². The lowest BCUT2D eigenvalue weighted by Crippen LogP contribution is -2.44. The molecular weight excluding hydrogens is 240 g/mol. The van der Waals surface area contributed by atoms with Crippen molar-refractivity contribution in [3.63, 3.8) is 0 Å². The van der Waals surface area contributed by atoms with Crippen molar-refractivity contribution in [3.05, 3.63) is 10.6 Å². The summed E-state index contributed by atoms with van der Waals surface area (Å²) in [5, 5.41) is 2.96. The number of carbonyl (C=O) groups is 2. The molecular formula is C10H16N4O2S. The molecule has 3 N–H and O–H groups in total. The molecule has 1 aromatic rings. The van der Waals surface area contributed by atoms with Gasteiger partial charge in [0, 0.05) is 14.1 Å². The Bertz CT molecular complexity index is 442. The van der Waals surface area contributed by atoms with E-state index in [4.69, 9.17) is 5.73 Å². The number of rotatable bonds is 3. The van der Waals surface area contributed by atoms with Gasteiger partial charge in [-0.25, -0.2) is 4.98 Å². The van der Waals surface area contributed by atoms with Crippen molar-refractivity contribution in [3.8, 4) is 0 Å². The molecule has 0 fully saturated rings. The van der Waals surface area contributed by atoms with Crippen LogP contribution in [0, 0.1) is 6.92 Å². The lowest BCUT2D eigenvalue weighted by molar-refractivity contribution is -0.130. The summed E-state index contributed by atoms with van der Waals surface area (Å²) >= 11 is 1.11. The first-order chi connectivity index (χ1) is 7.82. The van der Waals surface area contributed by atoms with E-state index >= 15 is 0 Å². The van der Waals surface area contributed by atoms with Gasteiger partial charge >= 0.3 is 0 Å². The van der Waals surface area contributed by atoms with E-state index in [-0.39, 0.29) is 11.8 Å². The molecule has 0 bridgehead atoms. The van der Waals surface area contributed by atoms with Crippen molar-refractivity contribution in [2.45, 2.75) is 19.9 Å². The molecule has 2 amide bonds. The van der Waals surface area contributed by atoms with E-state index in [0.717, 1.165) is 11.3 Å². The number of hydrogen-bond donors (Lipinski definition) is 2. The number of nitrogens with zero attached hydrogens (tertiary/aromatic N) is 2. The fourth-order valence-electron chi connectivity index (χ4n) is 1.34. The number of hydrogen-bond acceptors (Lipinski definition) is 5. The molecule has 0 aliphatic rings. The molecule has 7 heteroatoms.